The number of anilines is 1. The van der Waals surface area contributed by atoms with Crippen LogP contribution in [0.5, 0.6) is 5.75 Å². The molecule has 0 aliphatic heterocycles. The molecular formula is C19H20F4N4O. The predicted octanol–water partition coefficient (Wildman–Crippen LogP) is 3.95. The highest BCUT2D eigenvalue weighted by molar-refractivity contribution is 5.93. The van der Waals surface area contributed by atoms with Crippen molar-refractivity contribution in [2.24, 2.45) is 7.05 Å². The first kappa shape index (κ1) is 19.9. The summed E-state index contributed by atoms with van der Waals surface area (Å²) in [7, 11) is 3.62. The molecule has 9 heteroatoms. The number of ether oxygens (including phenoxy) is 1. The van der Waals surface area contributed by atoms with Crippen molar-refractivity contribution in [3.05, 3.63) is 42.2 Å². The molecular weight excluding hydrogens is 376 g/mol. The molecule has 0 aliphatic rings. The van der Waals surface area contributed by atoms with E-state index in [-0.39, 0.29) is 5.56 Å². The number of halogens is 4. The minimum Gasteiger partial charge on any atom is -0.480 e. The maximum atomic E-state index is 14.2. The van der Waals surface area contributed by atoms with Crippen molar-refractivity contribution in [2.45, 2.75) is 6.18 Å². The number of hydrogen-bond acceptors (Lipinski definition) is 4. The zero-order valence-electron chi connectivity index (χ0n) is 15.4. The number of hydrogen-bond donors (Lipinski definition) is 2. The maximum absolute atomic E-state index is 14.2. The van der Waals surface area contributed by atoms with Crippen LogP contribution in [0.1, 0.15) is 0 Å². The lowest BCUT2D eigenvalue weighted by molar-refractivity contribution is -0.153. The van der Waals surface area contributed by atoms with Gasteiger partial charge in [0.2, 0.25) is 0 Å². The van der Waals surface area contributed by atoms with Crippen LogP contribution in [0, 0.1) is 5.82 Å². The lowest BCUT2D eigenvalue weighted by Crippen LogP contribution is -2.20. The lowest BCUT2D eigenvalue weighted by Gasteiger charge is -2.14. The summed E-state index contributed by atoms with van der Waals surface area (Å²) in [6.45, 7) is -0.114. The molecule has 0 radical (unpaired) electrons. The minimum absolute atomic E-state index is 0.247. The summed E-state index contributed by atoms with van der Waals surface area (Å²) in [5.74, 6) is -0.568. The Bertz CT molecular complexity index is 968. The highest BCUT2D eigenvalue weighted by atomic mass is 19.4. The average molecular weight is 396 g/mol. The molecule has 0 bridgehead atoms. The van der Waals surface area contributed by atoms with Gasteiger partial charge in [-0.2, -0.15) is 18.3 Å². The zero-order chi connectivity index (χ0) is 20.3. The second-order valence-corrected chi connectivity index (χ2v) is 6.25. The number of benzene rings is 2. The Kier molecular flexibility index (Phi) is 5.73. The first-order valence-electron chi connectivity index (χ1n) is 8.64. The van der Waals surface area contributed by atoms with E-state index in [2.05, 4.69) is 15.7 Å². The molecule has 2 aromatic carbocycles. The van der Waals surface area contributed by atoms with Gasteiger partial charge in [-0.25, -0.2) is 4.39 Å². The number of likely N-dealkylation sites (N-methyl/N-ethyl adjacent to an activating group) is 1. The van der Waals surface area contributed by atoms with Crippen LogP contribution in [0.4, 0.5) is 23.4 Å². The molecule has 0 unspecified atom stereocenters. The van der Waals surface area contributed by atoms with Crippen molar-refractivity contribution >= 4 is 16.7 Å². The van der Waals surface area contributed by atoms with Gasteiger partial charge in [-0.3, -0.25) is 4.68 Å². The summed E-state index contributed by atoms with van der Waals surface area (Å²) in [5, 5.41) is 11.5. The molecule has 2 N–H and O–H groups in total. The molecule has 150 valence electrons. The third-order valence-electron chi connectivity index (χ3n) is 4.18. The molecule has 0 saturated heterocycles. The largest absolute Gasteiger partial charge is 0.480 e. The van der Waals surface area contributed by atoms with Crippen molar-refractivity contribution in [1.82, 2.24) is 15.1 Å². The van der Waals surface area contributed by atoms with Crippen molar-refractivity contribution in [3.63, 3.8) is 0 Å². The summed E-state index contributed by atoms with van der Waals surface area (Å²) in [6.07, 6.45) is -4.56. The van der Waals surface area contributed by atoms with Gasteiger partial charge in [-0.05, 0) is 30.8 Å². The Hall–Kier alpha value is -2.81. The standard InChI is InChI=1S/C19H20F4N4O/c1-24-8-9-25-18-14-7-6-12(10-16(14)27(2)26-18)13-4-3-5-15(20)17(13)28-11-19(21,22)23/h3-7,10,24H,8-9,11H2,1-2H3,(H,25,26). The topological polar surface area (TPSA) is 51.1 Å². The van der Waals surface area contributed by atoms with E-state index >= 15 is 0 Å². The summed E-state index contributed by atoms with van der Waals surface area (Å²) in [5.41, 5.74) is 1.54. The molecule has 5 nitrogen and oxygen atoms in total. The minimum atomic E-state index is -4.56. The molecule has 3 rings (SSSR count). The number of aromatic nitrogens is 2. The van der Waals surface area contributed by atoms with Gasteiger partial charge >= 0.3 is 6.18 Å². The fourth-order valence-electron chi connectivity index (χ4n) is 2.90. The van der Waals surface area contributed by atoms with E-state index in [1.165, 1.54) is 12.1 Å². The second kappa shape index (κ2) is 8.05. The third-order valence-corrected chi connectivity index (χ3v) is 4.18. The van der Waals surface area contributed by atoms with Gasteiger partial charge < -0.3 is 15.4 Å². The normalized spacial score (nSPS) is 11.8. The van der Waals surface area contributed by atoms with Crippen LogP contribution in [-0.2, 0) is 7.05 Å². The van der Waals surface area contributed by atoms with Gasteiger partial charge in [0.05, 0.1) is 5.52 Å². The van der Waals surface area contributed by atoms with Crippen molar-refractivity contribution in [3.8, 4) is 16.9 Å². The number of alkyl halides is 3. The van der Waals surface area contributed by atoms with Crippen molar-refractivity contribution in [1.29, 1.82) is 0 Å². The van der Waals surface area contributed by atoms with E-state index in [9.17, 15) is 17.6 Å². The molecule has 0 saturated carbocycles. The van der Waals surface area contributed by atoms with Crippen LogP contribution < -0.4 is 15.4 Å². The average Bonchev–Trinajstić information content (AvgIpc) is 2.95. The quantitative estimate of drug-likeness (QED) is 0.469. The number of aryl methyl sites for hydroxylation is 1. The van der Waals surface area contributed by atoms with E-state index in [1.54, 1.807) is 29.9 Å². The Balaban J connectivity index is 1.98. The molecule has 0 aliphatic carbocycles. The lowest BCUT2D eigenvalue weighted by atomic mass is 10.0. The van der Waals surface area contributed by atoms with Crippen LogP contribution in [0.25, 0.3) is 22.0 Å². The van der Waals surface area contributed by atoms with Gasteiger partial charge in [0.25, 0.3) is 0 Å². The van der Waals surface area contributed by atoms with Gasteiger partial charge in [-0.1, -0.05) is 18.2 Å². The Morgan fingerprint density at radius 1 is 1.14 bits per heavy atom. The molecule has 0 fully saturated rings. The zero-order valence-corrected chi connectivity index (χ0v) is 15.4. The molecule has 28 heavy (non-hydrogen) atoms. The van der Waals surface area contributed by atoms with Crippen molar-refractivity contribution in [2.75, 3.05) is 32.1 Å². The van der Waals surface area contributed by atoms with E-state index < -0.39 is 24.3 Å². The van der Waals surface area contributed by atoms with E-state index in [0.717, 1.165) is 23.5 Å². The monoisotopic (exact) mass is 396 g/mol. The van der Waals surface area contributed by atoms with Gasteiger partial charge in [-0.15, -0.1) is 0 Å². The van der Waals surface area contributed by atoms with E-state index in [4.69, 9.17) is 4.74 Å². The molecule has 0 spiro atoms. The first-order chi connectivity index (χ1) is 13.3. The number of fused-ring (bicyclic) bond motifs is 1. The Labute approximate surface area is 159 Å². The van der Waals surface area contributed by atoms with Crippen LogP contribution in [0.3, 0.4) is 0 Å². The maximum Gasteiger partial charge on any atom is 0.422 e. The Morgan fingerprint density at radius 2 is 1.93 bits per heavy atom. The van der Waals surface area contributed by atoms with Crippen LogP contribution >= 0.6 is 0 Å². The fraction of sp³-hybridized carbons (Fsp3) is 0.316. The van der Waals surface area contributed by atoms with Crippen LogP contribution in [-0.4, -0.2) is 42.7 Å². The molecule has 1 aromatic heterocycles. The number of rotatable bonds is 7. The Morgan fingerprint density at radius 3 is 2.64 bits per heavy atom. The van der Waals surface area contributed by atoms with Crippen molar-refractivity contribution < 1.29 is 22.3 Å². The number of para-hydroxylation sites is 1. The van der Waals surface area contributed by atoms with Gasteiger partial charge in [0, 0.05) is 31.1 Å². The van der Waals surface area contributed by atoms with Gasteiger partial charge in [0.15, 0.2) is 24.0 Å². The van der Waals surface area contributed by atoms with E-state index in [1.807, 2.05) is 7.05 Å². The molecule has 1 heterocycles. The summed E-state index contributed by atoms with van der Waals surface area (Å²) >= 11 is 0. The highest BCUT2D eigenvalue weighted by Crippen LogP contribution is 2.36. The number of nitrogens with zero attached hydrogens (tertiary/aromatic N) is 2. The molecule has 3 aromatic rings. The third kappa shape index (κ3) is 4.36. The van der Waals surface area contributed by atoms with E-state index in [0.29, 0.717) is 17.9 Å². The SMILES string of the molecule is CNCCNc1nn(C)c2cc(-c3cccc(F)c3OCC(F)(F)F)ccc12. The molecule has 0 atom stereocenters. The molecule has 0 amide bonds. The summed E-state index contributed by atoms with van der Waals surface area (Å²) in [4.78, 5) is 0. The second-order valence-electron chi connectivity index (χ2n) is 6.25. The predicted molar refractivity (Wildman–Crippen MR) is 100 cm³/mol. The summed E-state index contributed by atoms with van der Waals surface area (Å²) < 4.78 is 58.2. The highest BCUT2D eigenvalue weighted by Gasteiger charge is 2.29. The first-order valence-corrected chi connectivity index (χ1v) is 8.64. The fourth-order valence-corrected chi connectivity index (χ4v) is 2.90. The smallest absolute Gasteiger partial charge is 0.422 e. The van der Waals surface area contributed by atoms with Gasteiger partial charge in [0.1, 0.15) is 0 Å². The number of nitrogens with one attached hydrogen (secondary N) is 2. The van der Waals surface area contributed by atoms with Crippen LogP contribution in [0.2, 0.25) is 0 Å². The van der Waals surface area contributed by atoms with Crippen LogP contribution in [0.15, 0.2) is 36.4 Å². The summed E-state index contributed by atoms with van der Waals surface area (Å²) in [6, 6.07) is 9.30.